The first-order chi connectivity index (χ1) is 13.7. The van der Waals surface area contributed by atoms with Crippen molar-refractivity contribution in [2.75, 3.05) is 18.4 Å². The molecule has 2 aromatic rings. The Morgan fingerprint density at radius 1 is 1.34 bits per heavy atom. The Balaban J connectivity index is 1.52. The van der Waals surface area contributed by atoms with Crippen LogP contribution in [-0.4, -0.2) is 47.2 Å². The van der Waals surface area contributed by atoms with Gasteiger partial charge in [-0.3, -0.25) is 4.79 Å². The van der Waals surface area contributed by atoms with Crippen molar-refractivity contribution >= 4 is 55.8 Å². The molecular weight excluding hydrogens is 452 g/mol. The van der Waals surface area contributed by atoms with Gasteiger partial charge in [0.1, 0.15) is 0 Å². The monoisotopic (exact) mass is 474 g/mol. The molecule has 1 N–H and O–H groups in total. The average Bonchev–Trinajstić information content (AvgIpc) is 3.07. The third-order valence-electron chi connectivity index (χ3n) is 4.43. The third-order valence-corrected chi connectivity index (χ3v) is 8.44. The molecular formula is C18H23ClN4O3S3. The van der Waals surface area contributed by atoms with Crippen LogP contribution in [0.25, 0.3) is 0 Å². The van der Waals surface area contributed by atoms with Crippen LogP contribution >= 0.6 is 34.7 Å². The van der Waals surface area contributed by atoms with Gasteiger partial charge in [-0.15, -0.1) is 10.2 Å². The summed E-state index contributed by atoms with van der Waals surface area (Å²) in [4.78, 5) is 12.5. The topological polar surface area (TPSA) is 92.3 Å². The molecule has 7 nitrogen and oxygen atoms in total. The van der Waals surface area contributed by atoms with E-state index in [4.69, 9.17) is 11.6 Å². The number of hydrogen-bond acceptors (Lipinski definition) is 7. The van der Waals surface area contributed by atoms with Gasteiger partial charge in [-0.05, 0) is 30.5 Å². The first-order valence-corrected chi connectivity index (χ1v) is 12.9. The lowest BCUT2D eigenvalue weighted by atomic mass is 9.97. The van der Waals surface area contributed by atoms with Crippen LogP contribution in [0, 0.1) is 5.92 Å². The van der Waals surface area contributed by atoms with Crippen LogP contribution in [0.3, 0.4) is 0 Å². The van der Waals surface area contributed by atoms with Gasteiger partial charge in [-0.1, -0.05) is 60.7 Å². The van der Waals surface area contributed by atoms with Gasteiger partial charge in [0, 0.05) is 29.3 Å². The third kappa shape index (κ3) is 6.39. The van der Waals surface area contributed by atoms with Crippen LogP contribution in [0.1, 0.15) is 32.3 Å². The van der Waals surface area contributed by atoms with Crippen LogP contribution < -0.4 is 5.32 Å². The number of halogens is 1. The van der Waals surface area contributed by atoms with E-state index in [1.165, 1.54) is 15.6 Å². The van der Waals surface area contributed by atoms with Crippen molar-refractivity contribution in [1.29, 1.82) is 0 Å². The van der Waals surface area contributed by atoms with E-state index in [1.807, 2.05) is 0 Å². The largest absolute Gasteiger partial charge is 0.300 e. The van der Waals surface area contributed by atoms with Crippen LogP contribution in [0.4, 0.5) is 5.13 Å². The molecule has 1 aromatic carbocycles. The Bertz CT molecular complexity index is 957. The number of benzene rings is 1. The second-order valence-corrected chi connectivity index (χ2v) is 12.3. The van der Waals surface area contributed by atoms with E-state index in [9.17, 15) is 13.2 Å². The smallest absolute Gasteiger partial charge is 0.229 e. The van der Waals surface area contributed by atoms with Gasteiger partial charge >= 0.3 is 0 Å². The number of carbonyl (C=O) groups excluding carboxylic acids is 1. The van der Waals surface area contributed by atoms with E-state index in [2.05, 4.69) is 29.4 Å². The molecule has 0 saturated carbocycles. The van der Waals surface area contributed by atoms with E-state index in [0.717, 1.165) is 4.34 Å². The molecule has 3 rings (SSSR count). The molecule has 0 spiro atoms. The Kier molecular flexibility index (Phi) is 7.55. The summed E-state index contributed by atoms with van der Waals surface area (Å²) in [6, 6.07) is 6.86. The van der Waals surface area contributed by atoms with Gasteiger partial charge in [0.2, 0.25) is 21.1 Å². The average molecular weight is 475 g/mol. The fourth-order valence-electron chi connectivity index (χ4n) is 3.04. The molecule has 1 amide bonds. The number of carbonyl (C=O) groups is 1. The SMILES string of the molecule is CC(C)Sc1nnc(NC(=O)C2CCN(S(=O)(=O)Cc3cccc(Cl)c3)CC2)s1. The van der Waals surface area contributed by atoms with Gasteiger partial charge in [0.25, 0.3) is 0 Å². The summed E-state index contributed by atoms with van der Waals surface area (Å²) in [5.74, 6) is -0.460. The van der Waals surface area contributed by atoms with E-state index in [1.54, 1.807) is 36.0 Å². The number of anilines is 1. The number of aromatic nitrogens is 2. The zero-order valence-electron chi connectivity index (χ0n) is 16.2. The minimum Gasteiger partial charge on any atom is -0.300 e. The summed E-state index contributed by atoms with van der Waals surface area (Å²) in [6.45, 7) is 4.79. The van der Waals surface area contributed by atoms with Gasteiger partial charge < -0.3 is 5.32 Å². The highest BCUT2D eigenvalue weighted by Crippen LogP contribution is 2.29. The van der Waals surface area contributed by atoms with E-state index < -0.39 is 10.0 Å². The molecule has 0 radical (unpaired) electrons. The van der Waals surface area contributed by atoms with Crippen molar-refractivity contribution in [3.63, 3.8) is 0 Å². The molecule has 158 valence electrons. The number of piperidine rings is 1. The lowest BCUT2D eigenvalue weighted by Crippen LogP contribution is -2.41. The highest BCUT2D eigenvalue weighted by Gasteiger charge is 2.31. The molecule has 1 saturated heterocycles. The van der Waals surface area contributed by atoms with Crippen molar-refractivity contribution in [1.82, 2.24) is 14.5 Å². The number of nitrogens with one attached hydrogen (secondary N) is 1. The molecule has 2 heterocycles. The van der Waals surface area contributed by atoms with Crippen LogP contribution in [0.5, 0.6) is 0 Å². The summed E-state index contributed by atoms with van der Waals surface area (Å²) in [7, 11) is -3.45. The fourth-order valence-corrected chi connectivity index (χ4v) is 6.78. The Labute approximate surface area is 184 Å². The Hall–Kier alpha value is -1.20. The molecule has 29 heavy (non-hydrogen) atoms. The van der Waals surface area contributed by atoms with Gasteiger partial charge in [0.15, 0.2) is 4.34 Å². The molecule has 0 unspecified atom stereocenters. The number of nitrogens with zero attached hydrogens (tertiary/aromatic N) is 3. The summed E-state index contributed by atoms with van der Waals surface area (Å²) >= 11 is 8.89. The van der Waals surface area contributed by atoms with Crippen LogP contribution in [0.15, 0.2) is 28.6 Å². The highest BCUT2D eigenvalue weighted by atomic mass is 35.5. The maximum atomic E-state index is 12.7. The highest BCUT2D eigenvalue weighted by molar-refractivity contribution is 8.01. The number of rotatable bonds is 7. The standard InChI is InChI=1S/C18H23ClN4O3S3/c1-12(2)27-18-22-21-17(28-18)20-16(24)14-6-8-23(9-7-14)29(25,26)11-13-4-3-5-15(19)10-13/h3-5,10,12,14H,6-9,11H2,1-2H3,(H,20,21,24). The predicted octanol–water partition coefficient (Wildman–Crippen LogP) is 3.87. The molecule has 1 aliphatic heterocycles. The number of sulfonamides is 1. The van der Waals surface area contributed by atoms with E-state index in [0.29, 0.717) is 46.9 Å². The first kappa shape index (κ1) is 22.5. The van der Waals surface area contributed by atoms with Crippen molar-refractivity contribution in [3.8, 4) is 0 Å². The predicted molar refractivity (Wildman–Crippen MR) is 118 cm³/mol. The first-order valence-electron chi connectivity index (χ1n) is 9.26. The summed E-state index contributed by atoms with van der Waals surface area (Å²) in [5.41, 5.74) is 0.656. The molecule has 11 heteroatoms. The summed E-state index contributed by atoms with van der Waals surface area (Å²) in [5, 5.41) is 12.3. The van der Waals surface area contributed by atoms with Gasteiger partial charge in [0.05, 0.1) is 5.75 Å². The van der Waals surface area contributed by atoms with Gasteiger partial charge in [-0.25, -0.2) is 12.7 Å². The zero-order valence-corrected chi connectivity index (χ0v) is 19.4. The molecule has 0 atom stereocenters. The second-order valence-electron chi connectivity index (χ2n) is 7.09. The van der Waals surface area contributed by atoms with E-state index >= 15 is 0 Å². The number of amides is 1. The van der Waals surface area contributed by atoms with Gasteiger partial charge in [-0.2, -0.15) is 0 Å². The minimum atomic E-state index is -3.45. The lowest BCUT2D eigenvalue weighted by molar-refractivity contribution is -0.120. The molecule has 0 bridgehead atoms. The van der Waals surface area contributed by atoms with Crippen molar-refractivity contribution in [2.45, 2.75) is 42.0 Å². The number of thioether (sulfide) groups is 1. The molecule has 1 aliphatic rings. The van der Waals surface area contributed by atoms with Crippen LogP contribution in [0.2, 0.25) is 5.02 Å². The van der Waals surface area contributed by atoms with Crippen molar-refractivity contribution in [3.05, 3.63) is 34.9 Å². The number of hydrogen-bond donors (Lipinski definition) is 1. The summed E-state index contributed by atoms with van der Waals surface area (Å²) in [6.07, 6.45) is 0.958. The maximum absolute atomic E-state index is 12.7. The fraction of sp³-hybridized carbons (Fsp3) is 0.500. The van der Waals surface area contributed by atoms with E-state index in [-0.39, 0.29) is 17.6 Å². The minimum absolute atomic E-state index is 0.0918. The maximum Gasteiger partial charge on any atom is 0.229 e. The Morgan fingerprint density at radius 2 is 2.07 bits per heavy atom. The van der Waals surface area contributed by atoms with Crippen molar-refractivity contribution < 1.29 is 13.2 Å². The molecule has 1 fully saturated rings. The Morgan fingerprint density at radius 3 is 2.72 bits per heavy atom. The molecule has 1 aromatic heterocycles. The van der Waals surface area contributed by atoms with Crippen LogP contribution in [-0.2, 0) is 20.6 Å². The second kappa shape index (κ2) is 9.74. The lowest BCUT2D eigenvalue weighted by Gasteiger charge is -2.30. The molecule has 0 aliphatic carbocycles. The quantitative estimate of drug-likeness (QED) is 0.483. The normalized spacial score (nSPS) is 16.3. The summed E-state index contributed by atoms with van der Waals surface area (Å²) < 4.78 is 27.7. The zero-order chi connectivity index (χ0) is 21.0. The van der Waals surface area contributed by atoms with Crippen molar-refractivity contribution in [2.24, 2.45) is 5.92 Å².